The summed E-state index contributed by atoms with van der Waals surface area (Å²) >= 11 is 0. The summed E-state index contributed by atoms with van der Waals surface area (Å²) in [6.45, 7) is 11.1. The zero-order valence-electron chi connectivity index (χ0n) is 70.7. The van der Waals surface area contributed by atoms with Crippen LogP contribution >= 0.6 is 0 Å². The molecule has 2 aliphatic heterocycles. The van der Waals surface area contributed by atoms with E-state index in [9.17, 15) is 0 Å². The number of fused-ring (bicyclic) bond motifs is 8. The predicted octanol–water partition coefficient (Wildman–Crippen LogP) is 24.5. The van der Waals surface area contributed by atoms with Gasteiger partial charge in [0.15, 0.2) is 0 Å². The van der Waals surface area contributed by atoms with Gasteiger partial charge in [0.1, 0.15) is 29.5 Å². The van der Waals surface area contributed by atoms with Gasteiger partial charge in [0.05, 0.1) is 81.9 Å². The topological polar surface area (TPSA) is 342 Å². The summed E-state index contributed by atoms with van der Waals surface area (Å²) in [5, 5.41) is 27.8. The Morgan fingerprint density at radius 2 is 0.516 bits per heavy atom. The third-order valence-corrected chi connectivity index (χ3v) is 22.2. The van der Waals surface area contributed by atoms with Gasteiger partial charge in [-0.1, -0.05) is 205 Å². The van der Waals surface area contributed by atoms with E-state index in [2.05, 4.69) is 266 Å². The van der Waals surface area contributed by atoms with Gasteiger partial charge in [-0.3, -0.25) is 0 Å². The van der Waals surface area contributed by atoms with Crippen LogP contribution in [0, 0.1) is 0 Å². The second-order valence-corrected chi connectivity index (χ2v) is 31.3. The van der Waals surface area contributed by atoms with Crippen molar-refractivity contribution in [3.8, 4) is 67.5 Å². The van der Waals surface area contributed by atoms with Crippen LogP contribution in [0.1, 0.15) is 170 Å². The second kappa shape index (κ2) is 48.9. The van der Waals surface area contributed by atoms with Crippen LogP contribution in [-0.2, 0) is 52.4 Å². The summed E-state index contributed by atoms with van der Waals surface area (Å²) in [6, 6.07) is 75.3. The highest BCUT2D eigenvalue weighted by Gasteiger charge is 2.21. The fourth-order valence-corrected chi connectivity index (χ4v) is 15.4. The average Bonchev–Trinajstić information content (AvgIpc) is 1.61. The van der Waals surface area contributed by atoms with Gasteiger partial charge in [0.25, 0.3) is 0 Å². The molecule has 0 atom stereocenters. The summed E-state index contributed by atoms with van der Waals surface area (Å²) in [6.07, 6.45) is 25.4. The number of hydrogen-bond acceptors (Lipinski definition) is 13. The number of rotatable bonds is 52. The lowest BCUT2D eigenvalue weighted by atomic mass is 10.0. The second-order valence-electron chi connectivity index (χ2n) is 31.3. The number of hydrogen-bond donors (Lipinski definition) is 6. The predicted molar refractivity (Wildman–Crippen MR) is 499 cm³/mol. The molecular weight excluding hydrogens is 1550 g/mol. The zero-order chi connectivity index (χ0) is 85.2. The lowest BCUT2D eigenvalue weighted by Crippen LogP contribution is -2.82. The molecular formula is C100H111N20O4+. The smallest absolute Gasteiger partial charge is 0.119 e. The first-order valence-electron chi connectivity index (χ1n) is 43.7. The van der Waals surface area contributed by atoms with E-state index < -0.39 is 0 Å². The molecule has 0 amide bonds. The van der Waals surface area contributed by atoms with Gasteiger partial charge >= 0.3 is 0 Å². The summed E-state index contributed by atoms with van der Waals surface area (Å²) in [7, 11) is 0. The van der Waals surface area contributed by atoms with Crippen LogP contribution in [-0.4, -0.2) is 72.5 Å². The molecule has 7 N–H and O–H groups in total. The number of ether oxygens (including phenoxy) is 4. The molecule has 0 saturated carbocycles. The molecule has 11 aromatic rings. The molecule has 0 spiro atoms. The van der Waals surface area contributed by atoms with Gasteiger partial charge in [-0.25, -0.2) is 9.97 Å². The molecule has 0 radical (unpaired) electrons. The Kier molecular flexibility index (Phi) is 34.9. The molecule has 13 rings (SSSR count). The minimum atomic E-state index is 0.360. The molecule has 8 bridgehead atoms. The van der Waals surface area contributed by atoms with Gasteiger partial charge in [-0.2, -0.15) is 0 Å². The minimum Gasteiger partial charge on any atom is -0.494 e. The number of nitrogens with zero attached hydrogens (tertiary/aromatic N) is 14. The number of quaternary nitrogens is 1. The van der Waals surface area contributed by atoms with Crippen LogP contribution in [0.2, 0.25) is 0 Å². The van der Waals surface area contributed by atoms with E-state index in [4.69, 9.17) is 51.0 Å². The zero-order valence-corrected chi connectivity index (χ0v) is 70.7. The van der Waals surface area contributed by atoms with Crippen molar-refractivity contribution in [2.24, 2.45) is 20.5 Å². The fraction of sp³-hybridized carbons (Fsp3) is 0.320. The van der Waals surface area contributed by atoms with Gasteiger partial charge < -0.3 is 50.2 Å². The molecule has 5 heterocycles. The largest absolute Gasteiger partial charge is 0.494 e. The van der Waals surface area contributed by atoms with E-state index in [1.54, 1.807) is 0 Å². The quantitative estimate of drug-likeness (QED) is 0.00912. The molecule has 24 nitrogen and oxygen atoms in total. The number of aromatic nitrogens is 4. The Bertz CT molecular complexity index is 4960. The summed E-state index contributed by atoms with van der Waals surface area (Å²) in [5.74, 6) is 3.23. The van der Waals surface area contributed by atoms with E-state index in [1.165, 1.54) is 22.3 Å². The van der Waals surface area contributed by atoms with Crippen LogP contribution in [0.3, 0.4) is 0 Å². The summed E-state index contributed by atoms with van der Waals surface area (Å²) in [5.41, 5.74) is 58.0. The maximum atomic E-state index is 8.69. The number of benzene rings is 8. The summed E-state index contributed by atoms with van der Waals surface area (Å²) in [4.78, 5) is 30.7. The SMILES string of the molecule is [N-]=[N+]=NCc1ccc(CNCCCCCCOc2ccc(-c3c4nc(c(-c5ccc(OCCCCCCNCc6ccc(CN=[N+]=[N-])cc6)cc5)c5ccc([nH]5)c(-c5ccc(OCCCCCC[NH2+]Cc6ccc(CN=[N+]=[N-])cc6)cc5)c5nc(c(-c6ccc(OCCCCCCNCc7ccc(CN=[N+]=[N-])cc7)cc6)c6ccc3[nH]6)C=C5)C=C4)cc2)cc1. The molecule has 0 aliphatic carbocycles. The lowest BCUT2D eigenvalue weighted by molar-refractivity contribution is -0.671. The van der Waals surface area contributed by atoms with Crippen LogP contribution < -0.4 is 40.2 Å². The van der Waals surface area contributed by atoms with Gasteiger partial charge in [-0.15, -0.1) is 0 Å². The highest BCUT2D eigenvalue weighted by Crippen LogP contribution is 2.40. The molecule has 0 saturated heterocycles. The maximum Gasteiger partial charge on any atom is 0.119 e. The molecule has 124 heavy (non-hydrogen) atoms. The van der Waals surface area contributed by atoms with Gasteiger partial charge in [0.2, 0.25) is 0 Å². The Morgan fingerprint density at radius 1 is 0.274 bits per heavy atom. The van der Waals surface area contributed by atoms with E-state index in [1.807, 2.05) is 48.5 Å². The third-order valence-electron chi connectivity index (χ3n) is 22.2. The highest BCUT2D eigenvalue weighted by molar-refractivity contribution is 6.00. The van der Waals surface area contributed by atoms with Crippen molar-refractivity contribution in [1.82, 2.24) is 35.9 Å². The lowest BCUT2D eigenvalue weighted by Gasteiger charge is -2.10. The Hall–Kier alpha value is -13.4. The molecule has 3 aromatic heterocycles. The molecule has 0 fully saturated rings. The van der Waals surface area contributed by atoms with Crippen LogP contribution in [0.5, 0.6) is 23.0 Å². The molecule has 8 aromatic carbocycles. The number of unbranched alkanes of at least 4 members (excludes halogenated alkanes) is 12. The summed E-state index contributed by atoms with van der Waals surface area (Å²) < 4.78 is 25.8. The van der Waals surface area contributed by atoms with Crippen molar-refractivity contribution < 1.29 is 24.3 Å². The number of nitrogens with two attached hydrogens (primary N) is 1. The van der Waals surface area contributed by atoms with Crippen molar-refractivity contribution in [2.75, 3.05) is 52.6 Å². The van der Waals surface area contributed by atoms with Crippen LogP contribution in [0.25, 0.3) is 133 Å². The Morgan fingerprint density at radius 3 is 0.782 bits per heavy atom. The van der Waals surface area contributed by atoms with Crippen molar-refractivity contribution in [1.29, 1.82) is 0 Å². The number of nitrogens with one attached hydrogen (secondary N) is 5. The maximum absolute atomic E-state index is 8.69. The number of H-pyrrole nitrogens is 2. The highest BCUT2D eigenvalue weighted by atomic mass is 16.5. The first-order chi connectivity index (χ1) is 61.3. The standard InChI is InChI=1S/C100H110N20O4/c101-117-109-69-77-25-17-73(18-26-77)65-105-57-9-1-5-13-61-121-85-41-33-81(34-42-85)97-89-49-51-91(113-89)98(82-35-43-86(44-36-82)122-62-14-6-2-10-58-106-66-74-19-27-78(28-20-74)70-110-118-102)93-53-55-95(115-93)100(84-39-47-88(48-40-84)124-64-16-8-4-12-60-108-68-76-23-31-80(32-24-76)72-112-120-104)96-56-54-94(116-96)99(92-52-50-90(97)114-92)83-37-45-87(46-38-83)123-63-15-7-3-11-59-107-67-75-21-29-79(30-22-75)71-111-119-103/h17-56,105-108,113,116H,1-16,57-72H2/p+1. The minimum absolute atomic E-state index is 0.360. The van der Waals surface area contributed by atoms with Crippen molar-refractivity contribution in [2.45, 2.75) is 155 Å². The van der Waals surface area contributed by atoms with Crippen molar-refractivity contribution in [3.05, 3.63) is 327 Å². The van der Waals surface area contributed by atoms with E-state index in [0.29, 0.717) is 52.6 Å². The van der Waals surface area contributed by atoms with E-state index in [0.717, 1.165) is 290 Å². The monoisotopic (exact) mass is 1660 g/mol. The number of aromatic amines is 2. The fourth-order valence-electron chi connectivity index (χ4n) is 15.4. The van der Waals surface area contributed by atoms with Gasteiger partial charge in [0, 0.05) is 89.2 Å². The van der Waals surface area contributed by atoms with E-state index >= 15 is 0 Å². The van der Waals surface area contributed by atoms with Crippen molar-refractivity contribution in [3.63, 3.8) is 0 Å². The van der Waals surface area contributed by atoms with E-state index in [-0.39, 0.29) is 0 Å². The Balaban J connectivity index is 0.747. The Labute approximate surface area is 725 Å². The first-order valence-corrected chi connectivity index (χ1v) is 43.7. The molecule has 2 aliphatic rings. The third kappa shape index (κ3) is 27.3. The van der Waals surface area contributed by atoms with Crippen LogP contribution in [0.15, 0.2) is 239 Å². The van der Waals surface area contributed by atoms with Crippen LogP contribution in [0.4, 0.5) is 0 Å². The number of azide groups is 4. The first kappa shape index (κ1) is 88.4. The molecule has 24 heteroatoms. The molecule has 634 valence electrons. The van der Waals surface area contributed by atoms with Gasteiger partial charge in [-0.05, 0) is 264 Å². The average molecular weight is 1660 g/mol. The normalized spacial score (nSPS) is 11.4. The van der Waals surface area contributed by atoms with Crippen molar-refractivity contribution >= 4 is 46.4 Å². The molecule has 0 unspecified atom stereocenters.